The van der Waals surface area contributed by atoms with E-state index >= 15 is 0 Å². The van der Waals surface area contributed by atoms with Crippen molar-refractivity contribution < 1.29 is 13.2 Å². The highest BCUT2D eigenvalue weighted by atomic mass is 19.4. The highest BCUT2D eigenvalue weighted by Gasteiger charge is 2.36. The van der Waals surface area contributed by atoms with E-state index in [1.807, 2.05) is 0 Å². The van der Waals surface area contributed by atoms with Crippen molar-refractivity contribution >= 4 is 0 Å². The standard InChI is InChI=1S/C11H14F3N/c1-6(2)10-9(11(12,13)14)7(3)5-8(4)15-10/h5-6H,1-4H3. The number of halogens is 3. The predicted molar refractivity (Wildman–Crippen MR) is 52.8 cm³/mol. The van der Waals surface area contributed by atoms with Crippen LogP contribution in [0.5, 0.6) is 0 Å². The van der Waals surface area contributed by atoms with Gasteiger partial charge in [-0.25, -0.2) is 0 Å². The molecule has 1 nitrogen and oxygen atoms in total. The number of nitrogens with zero attached hydrogens (tertiary/aromatic N) is 1. The summed E-state index contributed by atoms with van der Waals surface area (Å²) in [5.41, 5.74) is 0.436. The minimum absolute atomic E-state index is 0.139. The number of aromatic nitrogens is 1. The van der Waals surface area contributed by atoms with E-state index in [2.05, 4.69) is 4.98 Å². The highest BCUT2D eigenvalue weighted by Crippen LogP contribution is 2.36. The average Bonchev–Trinajstić information content (AvgIpc) is 1.99. The maximum Gasteiger partial charge on any atom is 0.418 e. The second-order valence-corrected chi connectivity index (χ2v) is 3.99. The molecule has 0 radical (unpaired) electrons. The summed E-state index contributed by atoms with van der Waals surface area (Å²) >= 11 is 0. The van der Waals surface area contributed by atoms with E-state index in [1.54, 1.807) is 20.8 Å². The summed E-state index contributed by atoms with van der Waals surface area (Å²) in [5.74, 6) is -0.222. The summed E-state index contributed by atoms with van der Waals surface area (Å²) in [6, 6.07) is 1.47. The maximum atomic E-state index is 12.8. The topological polar surface area (TPSA) is 12.9 Å². The third-order valence-electron chi connectivity index (χ3n) is 2.20. The number of hydrogen-bond acceptors (Lipinski definition) is 1. The van der Waals surface area contributed by atoms with Gasteiger partial charge in [0.25, 0.3) is 0 Å². The summed E-state index contributed by atoms with van der Waals surface area (Å²) < 4.78 is 38.3. The fourth-order valence-electron chi connectivity index (χ4n) is 1.65. The quantitative estimate of drug-likeness (QED) is 0.696. The number of aryl methyl sites for hydroxylation is 2. The van der Waals surface area contributed by atoms with Crippen molar-refractivity contribution in [2.45, 2.75) is 39.8 Å². The SMILES string of the molecule is Cc1cc(C)c(C(F)(F)F)c(C(C)C)n1. The van der Waals surface area contributed by atoms with Crippen molar-refractivity contribution in [3.05, 3.63) is 28.6 Å². The molecule has 0 saturated heterocycles. The monoisotopic (exact) mass is 217 g/mol. The third kappa shape index (κ3) is 2.49. The van der Waals surface area contributed by atoms with Gasteiger partial charge in [-0.05, 0) is 31.4 Å². The number of pyridine rings is 1. The second-order valence-electron chi connectivity index (χ2n) is 3.99. The van der Waals surface area contributed by atoms with E-state index in [1.165, 1.54) is 13.0 Å². The lowest BCUT2D eigenvalue weighted by molar-refractivity contribution is -0.139. The molecule has 0 unspecified atom stereocenters. The molecule has 0 atom stereocenters. The van der Waals surface area contributed by atoms with Gasteiger partial charge in [-0.1, -0.05) is 13.8 Å². The van der Waals surface area contributed by atoms with Crippen molar-refractivity contribution in [3.8, 4) is 0 Å². The second kappa shape index (κ2) is 3.83. The van der Waals surface area contributed by atoms with E-state index in [0.29, 0.717) is 5.69 Å². The number of rotatable bonds is 1. The van der Waals surface area contributed by atoms with E-state index in [9.17, 15) is 13.2 Å². The first-order valence-corrected chi connectivity index (χ1v) is 4.78. The first-order valence-electron chi connectivity index (χ1n) is 4.78. The van der Waals surface area contributed by atoms with Crippen LogP contribution in [0.3, 0.4) is 0 Å². The molecule has 1 heterocycles. The largest absolute Gasteiger partial charge is 0.418 e. The normalized spacial score (nSPS) is 12.3. The summed E-state index contributed by atoms with van der Waals surface area (Å²) in [6.45, 7) is 6.62. The van der Waals surface area contributed by atoms with Crippen LogP contribution in [0, 0.1) is 13.8 Å². The van der Waals surface area contributed by atoms with Gasteiger partial charge in [0.2, 0.25) is 0 Å². The Hall–Kier alpha value is -1.06. The Morgan fingerprint density at radius 2 is 1.73 bits per heavy atom. The minimum Gasteiger partial charge on any atom is -0.257 e. The molecule has 0 bridgehead atoms. The molecular weight excluding hydrogens is 203 g/mol. The van der Waals surface area contributed by atoms with Gasteiger partial charge in [0, 0.05) is 5.69 Å². The zero-order chi connectivity index (χ0) is 11.8. The zero-order valence-electron chi connectivity index (χ0n) is 9.24. The molecule has 15 heavy (non-hydrogen) atoms. The molecule has 0 aliphatic rings. The first kappa shape index (κ1) is 12.0. The Balaban J connectivity index is 3.48. The van der Waals surface area contributed by atoms with Crippen molar-refractivity contribution in [3.63, 3.8) is 0 Å². The van der Waals surface area contributed by atoms with Gasteiger partial charge >= 0.3 is 6.18 Å². The molecule has 0 N–H and O–H groups in total. The molecule has 84 valence electrons. The van der Waals surface area contributed by atoms with Crippen LogP contribution in [0.15, 0.2) is 6.07 Å². The van der Waals surface area contributed by atoms with Crippen LogP contribution in [0.1, 0.15) is 42.3 Å². The van der Waals surface area contributed by atoms with Gasteiger partial charge < -0.3 is 0 Å². The minimum atomic E-state index is -4.32. The van der Waals surface area contributed by atoms with E-state index in [0.717, 1.165) is 0 Å². The molecular formula is C11H14F3N. The fraction of sp³-hybridized carbons (Fsp3) is 0.545. The van der Waals surface area contributed by atoms with Gasteiger partial charge in [-0.3, -0.25) is 4.98 Å². The molecule has 0 saturated carbocycles. The van der Waals surface area contributed by atoms with Crippen molar-refractivity contribution in [1.29, 1.82) is 0 Å². The Labute approximate surface area is 87.3 Å². The predicted octanol–water partition coefficient (Wildman–Crippen LogP) is 3.84. The Morgan fingerprint density at radius 1 is 1.20 bits per heavy atom. The van der Waals surface area contributed by atoms with Crippen LogP contribution in [-0.4, -0.2) is 4.98 Å². The smallest absolute Gasteiger partial charge is 0.257 e. The Bertz CT molecular complexity index is 367. The lowest BCUT2D eigenvalue weighted by atomic mass is 9.98. The molecule has 4 heteroatoms. The highest BCUT2D eigenvalue weighted by molar-refractivity contribution is 5.35. The van der Waals surface area contributed by atoms with Crippen molar-refractivity contribution in [2.75, 3.05) is 0 Å². The van der Waals surface area contributed by atoms with Crippen LogP contribution in [0.2, 0.25) is 0 Å². The van der Waals surface area contributed by atoms with E-state index in [4.69, 9.17) is 0 Å². The van der Waals surface area contributed by atoms with Gasteiger partial charge in [-0.2, -0.15) is 13.2 Å². The molecule has 1 aromatic heterocycles. The fourth-order valence-corrected chi connectivity index (χ4v) is 1.65. The van der Waals surface area contributed by atoms with Gasteiger partial charge in [0.05, 0.1) is 11.3 Å². The number of alkyl halides is 3. The molecule has 0 aliphatic heterocycles. The van der Waals surface area contributed by atoms with Crippen LogP contribution >= 0.6 is 0 Å². The molecule has 0 fully saturated rings. The zero-order valence-corrected chi connectivity index (χ0v) is 9.24. The molecule has 0 amide bonds. The first-order chi connectivity index (χ1) is 6.73. The van der Waals surface area contributed by atoms with Crippen LogP contribution in [0.25, 0.3) is 0 Å². The van der Waals surface area contributed by atoms with Crippen LogP contribution in [-0.2, 0) is 6.18 Å². The van der Waals surface area contributed by atoms with Gasteiger partial charge in [-0.15, -0.1) is 0 Å². The lowest BCUT2D eigenvalue weighted by Crippen LogP contribution is -2.14. The van der Waals surface area contributed by atoms with Crippen molar-refractivity contribution in [1.82, 2.24) is 4.98 Å². The van der Waals surface area contributed by atoms with Gasteiger partial charge in [0.15, 0.2) is 0 Å². The summed E-state index contributed by atoms with van der Waals surface area (Å²) in [5, 5.41) is 0. The molecule has 0 aromatic carbocycles. The van der Waals surface area contributed by atoms with Crippen LogP contribution < -0.4 is 0 Å². The van der Waals surface area contributed by atoms with Crippen molar-refractivity contribution in [2.24, 2.45) is 0 Å². The lowest BCUT2D eigenvalue weighted by Gasteiger charge is -2.17. The van der Waals surface area contributed by atoms with E-state index < -0.39 is 11.7 Å². The summed E-state index contributed by atoms with van der Waals surface area (Å²) in [6.07, 6.45) is -4.32. The molecule has 1 aromatic rings. The molecule has 0 spiro atoms. The molecule has 1 rings (SSSR count). The maximum absolute atomic E-state index is 12.8. The Morgan fingerprint density at radius 3 is 2.13 bits per heavy atom. The van der Waals surface area contributed by atoms with Gasteiger partial charge in [0.1, 0.15) is 0 Å². The molecule has 0 aliphatic carbocycles. The summed E-state index contributed by atoms with van der Waals surface area (Å²) in [7, 11) is 0. The third-order valence-corrected chi connectivity index (χ3v) is 2.20. The number of hydrogen-bond donors (Lipinski definition) is 0. The van der Waals surface area contributed by atoms with E-state index in [-0.39, 0.29) is 17.2 Å². The Kier molecular flexibility index (Phi) is 3.07. The average molecular weight is 217 g/mol. The van der Waals surface area contributed by atoms with Crippen LogP contribution in [0.4, 0.5) is 13.2 Å². The summed E-state index contributed by atoms with van der Waals surface area (Å²) in [4.78, 5) is 3.98.